The molecule has 1 amide bonds. The Morgan fingerprint density at radius 3 is 2.68 bits per heavy atom. The molecule has 1 aliphatic rings. The van der Waals surface area contributed by atoms with E-state index in [0.29, 0.717) is 46.6 Å². The van der Waals surface area contributed by atoms with E-state index in [1.165, 1.54) is 18.2 Å². The lowest BCUT2D eigenvalue weighted by molar-refractivity contribution is 0.0804. The van der Waals surface area contributed by atoms with Gasteiger partial charge in [-0.1, -0.05) is 31.2 Å². The fraction of sp³-hybridized carbons (Fsp3) is 0.419. The van der Waals surface area contributed by atoms with Gasteiger partial charge < -0.3 is 20.3 Å². The number of pyridine rings is 1. The Labute approximate surface area is 263 Å². The number of hydrogen-bond donors (Lipinski definition) is 2. The SMILES string of the molecule is CN1CCN(CCNC(=O)c2cc3c(Nc4cnnc(-c5cc(Cl)ccc5F)c4)ccnc3n2COCC[Si](C)(C)C)CC1. The van der Waals surface area contributed by atoms with Gasteiger partial charge in [-0.25, -0.2) is 9.37 Å². The fourth-order valence-corrected chi connectivity index (χ4v) is 5.94. The predicted molar refractivity (Wildman–Crippen MR) is 176 cm³/mol. The number of amides is 1. The molecule has 0 bridgehead atoms. The van der Waals surface area contributed by atoms with E-state index < -0.39 is 13.9 Å². The summed E-state index contributed by atoms with van der Waals surface area (Å²) >= 11 is 6.10. The first-order valence-corrected chi connectivity index (χ1v) is 19.0. The number of fused-ring (bicyclic) bond motifs is 1. The molecule has 0 atom stereocenters. The van der Waals surface area contributed by atoms with E-state index in [1.54, 1.807) is 18.5 Å². The third-order valence-electron chi connectivity index (χ3n) is 7.69. The number of carbonyl (C=O) groups is 1. The summed E-state index contributed by atoms with van der Waals surface area (Å²) in [5, 5.41) is 15.8. The van der Waals surface area contributed by atoms with Gasteiger partial charge in [-0.3, -0.25) is 14.3 Å². The number of hydrogen-bond acceptors (Lipinski definition) is 8. The van der Waals surface area contributed by atoms with Crippen molar-refractivity contribution in [3.05, 3.63) is 65.3 Å². The van der Waals surface area contributed by atoms with E-state index in [9.17, 15) is 9.18 Å². The smallest absolute Gasteiger partial charge is 0.268 e. The zero-order valence-electron chi connectivity index (χ0n) is 25.7. The summed E-state index contributed by atoms with van der Waals surface area (Å²) in [7, 11) is 0.845. The van der Waals surface area contributed by atoms with Gasteiger partial charge in [-0.15, -0.1) is 0 Å². The molecule has 44 heavy (non-hydrogen) atoms. The number of anilines is 2. The van der Waals surface area contributed by atoms with Crippen molar-refractivity contribution in [3.8, 4) is 11.3 Å². The number of likely N-dealkylation sites (N-methyl/N-ethyl adjacent to an activating group) is 1. The van der Waals surface area contributed by atoms with Gasteiger partial charge in [-0.2, -0.15) is 10.2 Å². The number of halogens is 2. The molecule has 1 fully saturated rings. The molecule has 2 N–H and O–H groups in total. The minimum atomic E-state index is -1.28. The monoisotopic (exact) mass is 638 g/mol. The van der Waals surface area contributed by atoms with Crippen LogP contribution in [0.4, 0.5) is 15.8 Å². The van der Waals surface area contributed by atoms with Crippen molar-refractivity contribution in [2.24, 2.45) is 0 Å². The van der Waals surface area contributed by atoms with E-state index in [-0.39, 0.29) is 18.2 Å². The number of aromatic nitrogens is 4. The Morgan fingerprint density at radius 2 is 1.91 bits per heavy atom. The maximum atomic E-state index is 14.5. The van der Waals surface area contributed by atoms with Crippen LogP contribution in [-0.4, -0.2) is 96.5 Å². The molecule has 234 valence electrons. The third-order valence-corrected chi connectivity index (χ3v) is 9.63. The number of rotatable bonds is 12. The Bertz CT molecular complexity index is 1600. The van der Waals surface area contributed by atoms with Crippen molar-refractivity contribution in [2.75, 3.05) is 58.2 Å². The molecule has 1 aromatic carbocycles. The summed E-state index contributed by atoms with van der Waals surface area (Å²) in [6.07, 6.45) is 3.24. The van der Waals surface area contributed by atoms with Crippen molar-refractivity contribution in [1.29, 1.82) is 0 Å². The van der Waals surface area contributed by atoms with Crippen LogP contribution in [0.1, 0.15) is 10.5 Å². The van der Waals surface area contributed by atoms with Crippen LogP contribution in [0.3, 0.4) is 0 Å². The number of benzene rings is 1. The summed E-state index contributed by atoms with van der Waals surface area (Å²) < 4.78 is 22.5. The minimum absolute atomic E-state index is 0.179. The normalized spacial score (nSPS) is 14.7. The molecule has 0 spiro atoms. The third kappa shape index (κ3) is 8.19. The zero-order valence-corrected chi connectivity index (χ0v) is 27.5. The number of nitrogens with one attached hydrogen (secondary N) is 2. The van der Waals surface area contributed by atoms with E-state index in [0.717, 1.165) is 44.2 Å². The lowest BCUT2D eigenvalue weighted by Gasteiger charge is -2.32. The standard InChI is InChI=1S/C31H40ClFN8O2Si/c1-39-11-13-40(14-12-39)10-9-35-31(42)29-19-25-27(7-8-34-30(25)41(29)21-43-15-16-44(2,3)4)37-23-18-28(38-36-20-23)24-17-22(32)5-6-26(24)33/h5-8,17-20H,9-16,21H2,1-4H3,(H,35,42)(H,34,37,38). The molecule has 1 aliphatic heterocycles. The molecular weight excluding hydrogens is 599 g/mol. The van der Waals surface area contributed by atoms with Gasteiger partial charge in [0.05, 0.1) is 23.3 Å². The lowest BCUT2D eigenvalue weighted by atomic mass is 10.1. The van der Waals surface area contributed by atoms with Crippen molar-refractivity contribution < 1.29 is 13.9 Å². The number of ether oxygens (including phenoxy) is 1. The van der Waals surface area contributed by atoms with Gasteiger partial charge in [0.25, 0.3) is 5.91 Å². The highest BCUT2D eigenvalue weighted by molar-refractivity contribution is 6.76. The molecule has 4 heterocycles. The second kappa shape index (κ2) is 14.1. The van der Waals surface area contributed by atoms with Gasteiger partial charge in [0.15, 0.2) is 0 Å². The van der Waals surface area contributed by atoms with Crippen LogP contribution in [0.2, 0.25) is 30.7 Å². The average Bonchev–Trinajstić information content (AvgIpc) is 3.37. The molecule has 0 aliphatic carbocycles. The molecule has 0 saturated carbocycles. The van der Waals surface area contributed by atoms with Gasteiger partial charge in [0.1, 0.15) is 23.9 Å². The van der Waals surface area contributed by atoms with Crippen LogP contribution >= 0.6 is 11.6 Å². The molecule has 0 radical (unpaired) electrons. The quantitative estimate of drug-likeness (QED) is 0.159. The summed E-state index contributed by atoms with van der Waals surface area (Å²) in [4.78, 5) is 22.8. The molecule has 5 rings (SSSR count). The maximum Gasteiger partial charge on any atom is 0.268 e. The average molecular weight is 639 g/mol. The molecule has 0 unspecified atom stereocenters. The van der Waals surface area contributed by atoms with E-state index in [2.05, 4.69) is 62.3 Å². The van der Waals surface area contributed by atoms with Crippen LogP contribution < -0.4 is 10.6 Å². The van der Waals surface area contributed by atoms with Crippen LogP contribution in [0.5, 0.6) is 0 Å². The van der Waals surface area contributed by atoms with Crippen LogP contribution in [-0.2, 0) is 11.5 Å². The first kappa shape index (κ1) is 32.0. The lowest BCUT2D eigenvalue weighted by Crippen LogP contribution is -2.47. The number of nitrogens with zero attached hydrogens (tertiary/aromatic N) is 6. The summed E-state index contributed by atoms with van der Waals surface area (Å²) in [5.41, 5.74) is 3.00. The highest BCUT2D eigenvalue weighted by Crippen LogP contribution is 2.30. The summed E-state index contributed by atoms with van der Waals surface area (Å²) in [6, 6.07) is 10.7. The molecule has 10 nitrogen and oxygen atoms in total. The maximum absolute atomic E-state index is 14.5. The molecule has 3 aromatic heterocycles. The van der Waals surface area contributed by atoms with Crippen LogP contribution in [0.15, 0.2) is 48.8 Å². The summed E-state index contributed by atoms with van der Waals surface area (Å²) in [5.74, 6) is -0.622. The second-order valence-corrected chi connectivity index (χ2v) is 18.4. The van der Waals surface area contributed by atoms with Crippen LogP contribution in [0.25, 0.3) is 22.3 Å². The van der Waals surface area contributed by atoms with Gasteiger partial charge in [0, 0.05) is 76.1 Å². The van der Waals surface area contributed by atoms with E-state index in [1.807, 2.05) is 16.7 Å². The van der Waals surface area contributed by atoms with Gasteiger partial charge in [-0.05, 0) is 49.5 Å². The highest BCUT2D eigenvalue weighted by Gasteiger charge is 2.21. The molecule has 13 heteroatoms. The highest BCUT2D eigenvalue weighted by atomic mass is 35.5. The van der Waals surface area contributed by atoms with Crippen molar-refractivity contribution in [1.82, 2.24) is 34.9 Å². The molecule has 1 saturated heterocycles. The first-order chi connectivity index (χ1) is 21.1. The van der Waals surface area contributed by atoms with E-state index >= 15 is 0 Å². The number of piperazine rings is 1. The Kier molecular flexibility index (Phi) is 10.3. The molecule has 4 aromatic rings. The Balaban J connectivity index is 1.39. The van der Waals surface area contributed by atoms with Crippen LogP contribution in [0, 0.1) is 5.82 Å². The van der Waals surface area contributed by atoms with Crippen molar-refractivity contribution in [3.63, 3.8) is 0 Å². The first-order valence-electron chi connectivity index (χ1n) is 14.9. The fourth-order valence-electron chi connectivity index (χ4n) is 5.02. The Hall–Kier alpha value is -3.42. The van der Waals surface area contributed by atoms with Gasteiger partial charge >= 0.3 is 0 Å². The van der Waals surface area contributed by atoms with Crippen molar-refractivity contribution >= 4 is 48.0 Å². The summed E-state index contributed by atoms with van der Waals surface area (Å²) in [6.45, 7) is 13.1. The Morgan fingerprint density at radius 1 is 1.11 bits per heavy atom. The predicted octanol–water partition coefficient (Wildman–Crippen LogP) is 5.32. The van der Waals surface area contributed by atoms with E-state index in [4.69, 9.17) is 16.3 Å². The topological polar surface area (TPSA) is 100 Å². The van der Waals surface area contributed by atoms with Gasteiger partial charge in [0.2, 0.25) is 0 Å². The second-order valence-electron chi connectivity index (χ2n) is 12.4. The largest absolute Gasteiger partial charge is 0.361 e. The minimum Gasteiger partial charge on any atom is -0.361 e. The number of carbonyl (C=O) groups excluding carboxylic acids is 1. The zero-order chi connectivity index (χ0) is 31.3. The molecular formula is C31H40ClFN8O2Si. The van der Waals surface area contributed by atoms with Crippen molar-refractivity contribution in [2.45, 2.75) is 32.4 Å².